The van der Waals surface area contributed by atoms with Gasteiger partial charge in [0.1, 0.15) is 12.3 Å². The SMILES string of the molecule is CC.CCC(=O)Nc1cn(CCOC(=O)c2ccccc2)c2ncccc12. The molecule has 0 aliphatic carbocycles. The van der Waals surface area contributed by atoms with E-state index >= 15 is 0 Å². The van der Waals surface area contributed by atoms with Gasteiger partial charge in [0.05, 0.1) is 17.8 Å². The van der Waals surface area contributed by atoms with E-state index in [0.717, 1.165) is 11.0 Å². The zero-order valence-electron chi connectivity index (χ0n) is 15.9. The summed E-state index contributed by atoms with van der Waals surface area (Å²) in [5.74, 6) is -0.414. The van der Waals surface area contributed by atoms with Gasteiger partial charge in [0, 0.05) is 24.2 Å². The van der Waals surface area contributed by atoms with Gasteiger partial charge in [-0.05, 0) is 24.3 Å². The minimum Gasteiger partial charge on any atom is -0.460 e. The number of hydrogen-bond donors (Lipinski definition) is 1. The molecular weight excluding hydrogens is 342 g/mol. The molecule has 3 rings (SSSR count). The number of benzene rings is 1. The van der Waals surface area contributed by atoms with Gasteiger partial charge in [-0.3, -0.25) is 4.79 Å². The third-order valence-corrected chi connectivity index (χ3v) is 3.80. The number of pyridine rings is 1. The van der Waals surface area contributed by atoms with Crippen LogP contribution in [-0.2, 0) is 16.1 Å². The van der Waals surface area contributed by atoms with Crippen LogP contribution in [0.5, 0.6) is 0 Å². The van der Waals surface area contributed by atoms with Crippen molar-refractivity contribution in [2.75, 3.05) is 11.9 Å². The molecule has 6 nitrogen and oxygen atoms in total. The maximum Gasteiger partial charge on any atom is 0.338 e. The number of carbonyl (C=O) groups excluding carboxylic acids is 2. The topological polar surface area (TPSA) is 73.2 Å². The van der Waals surface area contributed by atoms with Crippen molar-refractivity contribution < 1.29 is 14.3 Å². The fourth-order valence-electron chi connectivity index (χ4n) is 2.53. The molecule has 0 bridgehead atoms. The summed E-state index contributed by atoms with van der Waals surface area (Å²) in [6, 6.07) is 12.6. The zero-order chi connectivity index (χ0) is 19.6. The van der Waals surface area contributed by atoms with E-state index in [2.05, 4.69) is 10.3 Å². The van der Waals surface area contributed by atoms with Gasteiger partial charge in [0.25, 0.3) is 0 Å². The Balaban J connectivity index is 0.00000126. The molecule has 1 aromatic carbocycles. The van der Waals surface area contributed by atoms with Crippen LogP contribution in [0.4, 0.5) is 5.69 Å². The average Bonchev–Trinajstić information content (AvgIpc) is 3.07. The molecule has 0 unspecified atom stereocenters. The number of ether oxygens (including phenoxy) is 1. The summed E-state index contributed by atoms with van der Waals surface area (Å²) in [6.45, 7) is 6.47. The largest absolute Gasteiger partial charge is 0.460 e. The number of aromatic nitrogens is 2. The third-order valence-electron chi connectivity index (χ3n) is 3.80. The number of hydrogen-bond acceptors (Lipinski definition) is 4. The highest BCUT2D eigenvalue weighted by Crippen LogP contribution is 2.24. The van der Waals surface area contributed by atoms with Crippen molar-refractivity contribution in [3.63, 3.8) is 0 Å². The Morgan fingerprint density at radius 3 is 2.56 bits per heavy atom. The van der Waals surface area contributed by atoms with Crippen LogP contribution in [0, 0.1) is 0 Å². The van der Waals surface area contributed by atoms with Crippen LogP contribution in [0.2, 0.25) is 0 Å². The molecule has 3 aromatic rings. The van der Waals surface area contributed by atoms with Gasteiger partial charge >= 0.3 is 5.97 Å². The summed E-state index contributed by atoms with van der Waals surface area (Å²) in [5, 5.41) is 3.73. The fourth-order valence-corrected chi connectivity index (χ4v) is 2.53. The van der Waals surface area contributed by atoms with Crippen molar-refractivity contribution >= 4 is 28.6 Å². The molecule has 0 atom stereocenters. The van der Waals surface area contributed by atoms with Gasteiger partial charge in [-0.15, -0.1) is 0 Å². The minimum atomic E-state index is -0.357. The van der Waals surface area contributed by atoms with Crippen LogP contribution in [0.15, 0.2) is 54.9 Å². The summed E-state index contributed by atoms with van der Waals surface area (Å²) < 4.78 is 7.19. The van der Waals surface area contributed by atoms with Gasteiger partial charge < -0.3 is 14.6 Å². The molecule has 2 heterocycles. The van der Waals surface area contributed by atoms with Crippen LogP contribution in [0.1, 0.15) is 37.6 Å². The summed E-state index contributed by atoms with van der Waals surface area (Å²) in [4.78, 5) is 28.0. The molecule has 27 heavy (non-hydrogen) atoms. The zero-order valence-corrected chi connectivity index (χ0v) is 15.9. The van der Waals surface area contributed by atoms with Crippen molar-refractivity contribution in [1.29, 1.82) is 0 Å². The molecule has 0 fully saturated rings. The van der Waals surface area contributed by atoms with E-state index in [-0.39, 0.29) is 18.5 Å². The maximum atomic E-state index is 12.0. The predicted molar refractivity (Wildman–Crippen MR) is 107 cm³/mol. The monoisotopic (exact) mass is 367 g/mol. The van der Waals surface area contributed by atoms with Crippen molar-refractivity contribution in [1.82, 2.24) is 9.55 Å². The van der Waals surface area contributed by atoms with E-state index in [1.807, 2.05) is 42.8 Å². The van der Waals surface area contributed by atoms with Crippen LogP contribution in [0.25, 0.3) is 11.0 Å². The fraction of sp³-hybridized carbons (Fsp3) is 0.286. The maximum absolute atomic E-state index is 12.0. The van der Waals surface area contributed by atoms with E-state index < -0.39 is 0 Å². The highest BCUT2D eigenvalue weighted by atomic mass is 16.5. The summed E-state index contributed by atoms with van der Waals surface area (Å²) in [6.07, 6.45) is 3.92. The van der Waals surface area contributed by atoms with Crippen LogP contribution >= 0.6 is 0 Å². The minimum absolute atomic E-state index is 0.0570. The summed E-state index contributed by atoms with van der Waals surface area (Å²) >= 11 is 0. The van der Waals surface area contributed by atoms with Crippen LogP contribution < -0.4 is 5.32 Å². The Morgan fingerprint density at radius 1 is 1.11 bits per heavy atom. The van der Waals surface area contributed by atoms with Crippen molar-refractivity contribution in [3.8, 4) is 0 Å². The van der Waals surface area contributed by atoms with Crippen molar-refractivity contribution in [3.05, 3.63) is 60.4 Å². The Hall–Kier alpha value is -3.15. The lowest BCUT2D eigenvalue weighted by atomic mass is 10.2. The van der Waals surface area contributed by atoms with Gasteiger partial charge in [-0.25, -0.2) is 9.78 Å². The van der Waals surface area contributed by atoms with Crippen molar-refractivity contribution in [2.24, 2.45) is 0 Å². The lowest BCUT2D eigenvalue weighted by molar-refractivity contribution is -0.115. The van der Waals surface area contributed by atoms with E-state index in [9.17, 15) is 9.59 Å². The van der Waals surface area contributed by atoms with E-state index in [1.54, 1.807) is 37.4 Å². The number of esters is 1. The van der Waals surface area contributed by atoms with Crippen LogP contribution in [-0.4, -0.2) is 28.0 Å². The quantitative estimate of drug-likeness (QED) is 0.661. The number of carbonyl (C=O) groups is 2. The Labute approximate surface area is 159 Å². The smallest absolute Gasteiger partial charge is 0.338 e. The second-order valence-electron chi connectivity index (χ2n) is 5.51. The molecule has 0 aliphatic heterocycles. The van der Waals surface area contributed by atoms with E-state index in [1.165, 1.54) is 0 Å². The highest BCUT2D eigenvalue weighted by Gasteiger charge is 2.12. The van der Waals surface area contributed by atoms with Gasteiger partial charge in [0.2, 0.25) is 5.91 Å². The van der Waals surface area contributed by atoms with Crippen molar-refractivity contribution in [2.45, 2.75) is 33.7 Å². The number of fused-ring (bicyclic) bond motifs is 1. The number of anilines is 1. The standard InChI is InChI=1S/C19H19N3O3.C2H6/c1-2-17(23)21-16-13-22(18-15(16)9-6-10-20-18)11-12-25-19(24)14-7-4-3-5-8-14;1-2/h3-10,13H,2,11-12H2,1H3,(H,21,23);1-2H3. The first-order chi connectivity index (χ1) is 13.2. The molecular formula is C21H25N3O3. The average molecular weight is 367 g/mol. The van der Waals surface area contributed by atoms with Crippen LogP contribution in [0.3, 0.4) is 0 Å². The number of rotatable bonds is 6. The number of nitrogens with zero attached hydrogens (tertiary/aromatic N) is 2. The molecule has 142 valence electrons. The molecule has 0 saturated carbocycles. The first-order valence-corrected chi connectivity index (χ1v) is 9.15. The normalized spacial score (nSPS) is 10.0. The second-order valence-corrected chi connectivity index (χ2v) is 5.51. The van der Waals surface area contributed by atoms with Gasteiger partial charge in [-0.1, -0.05) is 39.0 Å². The Morgan fingerprint density at radius 2 is 1.85 bits per heavy atom. The predicted octanol–water partition coefficient (Wildman–Crippen LogP) is 4.27. The van der Waals surface area contributed by atoms with Gasteiger partial charge in [0.15, 0.2) is 0 Å². The highest BCUT2D eigenvalue weighted by molar-refractivity contribution is 6.00. The van der Waals surface area contributed by atoms with E-state index in [0.29, 0.717) is 24.2 Å². The van der Waals surface area contributed by atoms with Gasteiger partial charge in [-0.2, -0.15) is 0 Å². The molecule has 0 spiro atoms. The molecule has 1 amide bonds. The van der Waals surface area contributed by atoms with E-state index in [4.69, 9.17) is 4.74 Å². The number of amides is 1. The first-order valence-electron chi connectivity index (χ1n) is 9.15. The molecule has 0 aliphatic rings. The third kappa shape index (κ3) is 5.17. The Bertz CT molecular complexity index is 888. The molecule has 6 heteroatoms. The first kappa shape index (κ1) is 20.2. The lowest BCUT2D eigenvalue weighted by Crippen LogP contribution is -2.11. The second kappa shape index (κ2) is 10.1. The lowest BCUT2D eigenvalue weighted by Gasteiger charge is -2.06. The molecule has 1 N–H and O–H groups in total. The Kier molecular flexibility index (Phi) is 7.55. The summed E-state index contributed by atoms with van der Waals surface area (Å²) in [5.41, 5.74) is 1.97. The number of nitrogens with one attached hydrogen (secondary N) is 1. The summed E-state index contributed by atoms with van der Waals surface area (Å²) in [7, 11) is 0. The molecule has 0 saturated heterocycles. The molecule has 2 aromatic heterocycles. The molecule has 0 radical (unpaired) electrons.